The minimum atomic E-state index is -0.987. The predicted molar refractivity (Wildman–Crippen MR) is 80.7 cm³/mol. The van der Waals surface area contributed by atoms with Gasteiger partial charge < -0.3 is 20.1 Å². The lowest BCUT2D eigenvalue weighted by Crippen LogP contribution is -2.65. The van der Waals surface area contributed by atoms with E-state index in [0.717, 1.165) is 19.6 Å². The Morgan fingerprint density at radius 1 is 1.33 bits per heavy atom. The second-order valence-electron chi connectivity index (χ2n) is 5.67. The summed E-state index contributed by atoms with van der Waals surface area (Å²) in [5.41, 5.74) is -0.528. The van der Waals surface area contributed by atoms with Gasteiger partial charge in [-0.3, -0.25) is 4.90 Å². The van der Waals surface area contributed by atoms with Gasteiger partial charge in [-0.05, 0) is 6.92 Å². The molecule has 0 unspecified atom stereocenters. The number of rotatable bonds is 6. The molecule has 2 heterocycles. The maximum absolute atomic E-state index is 11.9. The molecule has 0 spiro atoms. The summed E-state index contributed by atoms with van der Waals surface area (Å²) in [5.74, 6) is 1.34. The maximum Gasteiger partial charge on any atom is 0.329 e. The standard InChI is InChI=1S/C13H23N3O4S/c1-13(20-8-11(17)18)9-16(10-13)12(19)14-2-3-15-4-6-21-7-5-15/h2-10H2,1H3,(H,14,19)(H,17,18). The molecule has 2 N–H and O–H groups in total. The molecular weight excluding hydrogens is 294 g/mol. The minimum absolute atomic E-state index is 0.0993. The van der Waals surface area contributed by atoms with E-state index >= 15 is 0 Å². The number of aliphatic carboxylic acids is 1. The molecule has 0 aromatic rings. The quantitative estimate of drug-likeness (QED) is 0.713. The fraction of sp³-hybridized carbons (Fsp3) is 0.846. The van der Waals surface area contributed by atoms with Gasteiger partial charge in [0.25, 0.3) is 0 Å². The Morgan fingerprint density at radius 3 is 2.62 bits per heavy atom. The molecule has 0 saturated carbocycles. The normalized spacial score (nSPS) is 21.7. The van der Waals surface area contributed by atoms with E-state index in [2.05, 4.69) is 10.2 Å². The van der Waals surface area contributed by atoms with E-state index in [1.165, 1.54) is 11.5 Å². The van der Waals surface area contributed by atoms with Gasteiger partial charge in [-0.1, -0.05) is 0 Å². The van der Waals surface area contributed by atoms with E-state index in [-0.39, 0.29) is 12.6 Å². The van der Waals surface area contributed by atoms with E-state index < -0.39 is 11.6 Å². The summed E-state index contributed by atoms with van der Waals surface area (Å²) in [4.78, 5) is 26.4. The zero-order chi connectivity index (χ0) is 15.3. The summed E-state index contributed by atoms with van der Waals surface area (Å²) in [7, 11) is 0. The third kappa shape index (κ3) is 5.05. The van der Waals surface area contributed by atoms with Gasteiger partial charge in [0, 0.05) is 37.7 Å². The van der Waals surface area contributed by atoms with Gasteiger partial charge in [-0.25, -0.2) is 9.59 Å². The van der Waals surface area contributed by atoms with Crippen molar-refractivity contribution < 1.29 is 19.4 Å². The Balaban J connectivity index is 1.59. The Morgan fingerprint density at radius 2 is 2.00 bits per heavy atom. The highest BCUT2D eigenvalue weighted by Crippen LogP contribution is 2.24. The fourth-order valence-corrected chi connectivity index (χ4v) is 3.47. The summed E-state index contributed by atoms with van der Waals surface area (Å²) < 4.78 is 5.28. The lowest BCUT2D eigenvalue weighted by Gasteiger charge is -2.47. The first-order valence-corrected chi connectivity index (χ1v) is 8.33. The average Bonchev–Trinajstić information content (AvgIpc) is 2.43. The van der Waals surface area contributed by atoms with Gasteiger partial charge in [0.1, 0.15) is 12.2 Å². The molecule has 2 amide bonds. The van der Waals surface area contributed by atoms with Crippen LogP contribution in [0.15, 0.2) is 0 Å². The molecule has 2 fully saturated rings. The molecule has 0 atom stereocenters. The average molecular weight is 317 g/mol. The number of carbonyl (C=O) groups is 2. The molecule has 120 valence electrons. The van der Waals surface area contributed by atoms with E-state index in [1.807, 2.05) is 18.7 Å². The molecule has 8 heteroatoms. The van der Waals surface area contributed by atoms with E-state index in [4.69, 9.17) is 9.84 Å². The number of carbonyl (C=O) groups excluding carboxylic acids is 1. The smallest absolute Gasteiger partial charge is 0.329 e. The van der Waals surface area contributed by atoms with Crippen LogP contribution in [0.1, 0.15) is 6.92 Å². The van der Waals surface area contributed by atoms with Crippen molar-refractivity contribution in [2.75, 3.05) is 57.4 Å². The lowest BCUT2D eigenvalue weighted by molar-refractivity contribution is -0.159. The number of carboxylic acid groups (broad SMARTS) is 1. The van der Waals surface area contributed by atoms with Crippen LogP contribution in [-0.4, -0.2) is 89.9 Å². The van der Waals surface area contributed by atoms with Crippen molar-refractivity contribution in [2.45, 2.75) is 12.5 Å². The van der Waals surface area contributed by atoms with Crippen LogP contribution >= 0.6 is 11.8 Å². The van der Waals surface area contributed by atoms with Crippen molar-refractivity contribution in [3.63, 3.8) is 0 Å². The van der Waals surface area contributed by atoms with Crippen molar-refractivity contribution in [3.8, 4) is 0 Å². The minimum Gasteiger partial charge on any atom is -0.480 e. The number of urea groups is 1. The second kappa shape index (κ2) is 7.33. The predicted octanol–water partition coefficient (Wildman–Crippen LogP) is -0.0797. The number of nitrogens with zero attached hydrogens (tertiary/aromatic N) is 2. The second-order valence-corrected chi connectivity index (χ2v) is 6.90. The van der Waals surface area contributed by atoms with Gasteiger partial charge in [-0.2, -0.15) is 11.8 Å². The van der Waals surface area contributed by atoms with Crippen LogP contribution in [0.2, 0.25) is 0 Å². The molecule has 2 rings (SSSR count). The largest absolute Gasteiger partial charge is 0.480 e. The van der Waals surface area contributed by atoms with Crippen LogP contribution in [0, 0.1) is 0 Å². The van der Waals surface area contributed by atoms with Crippen LogP contribution in [0.4, 0.5) is 4.79 Å². The molecule has 0 aromatic carbocycles. The first kappa shape index (κ1) is 16.4. The van der Waals surface area contributed by atoms with Crippen LogP contribution in [0.25, 0.3) is 0 Å². The molecule has 7 nitrogen and oxygen atoms in total. The van der Waals surface area contributed by atoms with E-state index in [9.17, 15) is 9.59 Å². The molecule has 2 aliphatic heterocycles. The number of carboxylic acids is 1. The number of thioether (sulfide) groups is 1. The van der Waals surface area contributed by atoms with Crippen LogP contribution in [0.3, 0.4) is 0 Å². The van der Waals surface area contributed by atoms with Crippen molar-refractivity contribution in [2.24, 2.45) is 0 Å². The van der Waals surface area contributed by atoms with Crippen LogP contribution in [0.5, 0.6) is 0 Å². The fourth-order valence-electron chi connectivity index (χ4n) is 2.49. The first-order chi connectivity index (χ1) is 9.98. The molecule has 0 bridgehead atoms. The number of likely N-dealkylation sites (tertiary alicyclic amines) is 1. The highest BCUT2D eigenvalue weighted by Gasteiger charge is 2.42. The van der Waals surface area contributed by atoms with Crippen LogP contribution < -0.4 is 5.32 Å². The molecule has 0 radical (unpaired) electrons. The van der Waals surface area contributed by atoms with Crippen molar-refractivity contribution in [1.29, 1.82) is 0 Å². The zero-order valence-corrected chi connectivity index (χ0v) is 13.2. The SMILES string of the molecule is CC1(OCC(=O)O)CN(C(=O)NCCN2CCSCC2)C1. The van der Waals surface area contributed by atoms with Crippen LogP contribution in [-0.2, 0) is 9.53 Å². The molecular formula is C13H23N3O4S. The summed E-state index contributed by atoms with van der Waals surface area (Å²) in [5, 5.41) is 11.5. The lowest BCUT2D eigenvalue weighted by atomic mass is 9.97. The van der Waals surface area contributed by atoms with Crippen molar-refractivity contribution in [3.05, 3.63) is 0 Å². The van der Waals surface area contributed by atoms with Crippen molar-refractivity contribution in [1.82, 2.24) is 15.1 Å². The van der Waals surface area contributed by atoms with Gasteiger partial charge in [0.15, 0.2) is 0 Å². The summed E-state index contributed by atoms with van der Waals surface area (Å²) >= 11 is 1.97. The van der Waals surface area contributed by atoms with Gasteiger partial charge >= 0.3 is 12.0 Å². The molecule has 2 aliphatic rings. The van der Waals surface area contributed by atoms with Gasteiger partial charge in [-0.15, -0.1) is 0 Å². The first-order valence-electron chi connectivity index (χ1n) is 7.17. The number of hydrogen-bond acceptors (Lipinski definition) is 5. The summed E-state index contributed by atoms with van der Waals surface area (Å²) in [6.45, 7) is 6.08. The highest BCUT2D eigenvalue weighted by molar-refractivity contribution is 7.99. The third-order valence-electron chi connectivity index (χ3n) is 3.69. The molecule has 2 saturated heterocycles. The Bertz CT molecular complexity index is 382. The van der Waals surface area contributed by atoms with E-state index in [1.54, 1.807) is 4.90 Å². The highest BCUT2D eigenvalue weighted by atomic mass is 32.2. The van der Waals surface area contributed by atoms with Crippen molar-refractivity contribution >= 4 is 23.8 Å². The molecule has 21 heavy (non-hydrogen) atoms. The number of nitrogens with one attached hydrogen (secondary N) is 1. The molecule has 0 aromatic heterocycles. The number of hydrogen-bond donors (Lipinski definition) is 2. The van der Waals surface area contributed by atoms with Gasteiger partial charge in [0.2, 0.25) is 0 Å². The number of amides is 2. The summed E-state index contributed by atoms with van der Waals surface area (Å²) in [6, 6.07) is -0.0993. The Labute approximate surface area is 129 Å². The number of ether oxygens (including phenoxy) is 1. The topological polar surface area (TPSA) is 82.1 Å². The molecule has 0 aliphatic carbocycles. The monoisotopic (exact) mass is 317 g/mol. The maximum atomic E-state index is 11.9. The zero-order valence-electron chi connectivity index (χ0n) is 12.3. The summed E-state index contributed by atoms with van der Waals surface area (Å²) in [6.07, 6.45) is 0. The third-order valence-corrected chi connectivity index (χ3v) is 4.63. The Hall–Kier alpha value is -0.990. The van der Waals surface area contributed by atoms with E-state index in [0.29, 0.717) is 19.6 Å². The Kier molecular flexibility index (Phi) is 5.72. The van der Waals surface area contributed by atoms with Gasteiger partial charge in [0.05, 0.1) is 13.1 Å².